The average Bonchev–Trinajstić information content (AvgIpc) is 3.29. The van der Waals surface area contributed by atoms with Crippen molar-refractivity contribution in [2.75, 3.05) is 31.2 Å². The second kappa shape index (κ2) is 8.20. The molecule has 0 radical (unpaired) electrons. The third kappa shape index (κ3) is 3.91. The van der Waals surface area contributed by atoms with Crippen molar-refractivity contribution >= 4 is 11.7 Å². The lowest BCUT2D eigenvalue weighted by atomic mass is 9.81. The molecule has 0 aliphatic carbocycles. The maximum Gasteiger partial charge on any atom is 0.225 e. The van der Waals surface area contributed by atoms with Gasteiger partial charge in [0.2, 0.25) is 5.95 Å². The van der Waals surface area contributed by atoms with Crippen LogP contribution in [0.4, 0.5) is 5.95 Å². The molecule has 0 spiro atoms. The van der Waals surface area contributed by atoms with Gasteiger partial charge < -0.3 is 9.64 Å². The van der Waals surface area contributed by atoms with Crippen LogP contribution in [0, 0.1) is 5.92 Å². The molecule has 3 aliphatic heterocycles. The van der Waals surface area contributed by atoms with Gasteiger partial charge in [0.05, 0.1) is 18.8 Å². The summed E-state index contributed by atoms with van der Waals surface area (Å²) in [6.45, 7) is 4.36. The number of aromatic nitrogens is 2. The molecule has 1 aromatic heterocycles. The van der Waals surface area contributed by atoms with E-state index in [2.05, 4.69) is 50.1 Å². The normalized spacial score (nSPS) is 27.2. The Labute approximate surface area is 171 Å². The second-order valence-electron chi connectivity index (χ2n) is 8.50. The monoisotopic (exact) mass is 392 g/mol. The maximum absolute atomic E-state index is 13.2. The van der Waals surface area contributed by atoms with E-state index in [1.807, 2.05) is 0 Å². The quantitative estimate of drug-likeness (QED) is 0.729. The number of anilines is 1. The first-order valence-corrected chi connectivity index (χ1v) is 10.8. The van der Waals surface area contributed by atoms with Gasteiger partial charge in [-0.1, -0.05) is 30.3 Å². The van der Waals surface area contributed by atoms with Gasteiger partial charge in [-0.25, -0.2) is 9.97 Å². The number of benzene rings is 1. The van der Waals surface area contributed by atoms with Gasteiger partial charge in [0, 0.05) is 50.0 Å². The number of piperidine rings is 1. The SMILES string of the molecule is O=C(c1cnc(N2CCCC2)nc1)C1CC2COCC(C1)N2Cc1ccccc1. The molecule has 2 atom stereocenters. The maximum atomic E-state index is 13.2. The van der Waals surface area contributed by atoms with Gasteiger partial charge >= 0.3 is 0 Å². The van der Waals surface area contributed by atoms with E-state index in [0.717, 1.165) is 38.4 Å². The van der Waals surface area contributed by atoms with Gasteiger partial charge in [-0.15, -0.1) is 0 Å². The molecule has 2 bridgehead atoms. The number of nitrogens with zero attached hydrogens (tertiary/aromatic N) is 4. The zero-order valence-corrected chi connectivity index (χ0v) is 16.7. The average molecular weight is 393 g/mol. The highest BCUT2D eigenvalue weighted by atomic mass is 16.5. The first-order valence-electron chi connectivity index (χ1n) is 10.8. The van der Waals surface area contributed by atoms with Gasteiger partial charge in [-0.3, -0.25) is 9.69 Å². The fourth-order valence-electron chi connectivity index (χ4n) is 5.02. The summed E-state index contributed by atoms with van der Waals surface area (Å²) in [6, 6.07) is 11.2. The summed E-state index contributed by atoms with van der Waals surface area (Å²) in [7, 11) is 0. The number of carbonyl (C=O) groups excluding carboxylic acids is 1. The summed E-state index contributed by atoms with van der Waals surface area (Å²) in [4.78, 5) is 26.9. The largest absolute Gasteiger partial charge is 0.378 e. The van der Waals surface area contributed by atoms with Gasteiger partial charge in [0.1, 0.15) is 0 Å². The van der Waals surface area contributed by atoms with E-state index in [1.165, 1.54) is 18.4 Å². The van der Waals surface area contributed by atoms with Crippen molar-refractivity contribution in [3.05, 3.63) is 53.9 Å². The van der Waals surface area contributed by atoms with E-state index < -0.39 is 0 Å². The molecule has 6 heteroatoms. The molecule has 3 aliphatic rings. The Bertz CT molecular complexity index is 822. The lowest BCUT2D eigenvalue weighted by Crippen LogP contribution is -2.57. The molecule has 2 aromatic rings. The van der Waals surface area contributed by atoms with Crippen LogP contribution in [0.25, 0.3) is 0 Å². The molecule has 2 unspecified atom stereocenters. The Morgan fingerprint density at radius 1 is 1.00 bits per heavy atom. The standard InChI is InChI=1S/C23H28N4O2/c28-22(19-12-24-23(25-13-19)26-8-4-5-9-26)18-10-20-15-29-16-21(11-18)27(20)14-17-6-2-1-3-7-17/h1-3,6-7,12-13,18,20-21H,4-5,8-11,14-16H2. The Morgan fingerprint density at radius 3 is 2.31 bits per heavy atom. The number of carbonyl (C=O) groups is 1. The number of morpholine rings is 1. The minimum Gasteiger partial charge on any atom is -0.378 e. The highest BCUT2D eigenvalue weighted by Crippen LogP contribution is 2.34. The van der Waals surface area contributed by atoms with E-state index in [0.29, 0.717) is 30.9 Å². The highest BCUT2D eigenvalue weighted by Gasteiger charge is 2.41. The number of fused-ring (bicyclic) bond motifs is 2. The molecular weight excluding hydrogens is 364 g/mol. The third-order valence-electron chi connectivity index (χ3n) is 6.56. The molecular formula is C23H28N4O2. The van der Waals surface area contributed by atoms with Crippen molar-refractivity contribution in [3.63, 3.8) is 0 Å². The van der Waals surface area contributed by atoms with Crippen LogP contribution in [-0.2, 0) is 11.3 Å². The second-order valence-corrected chi connectivity index (χ2v) is 8.50. The summed E-state index contributed by atoms with van der Waals surface area (Å²) in [5.74, 6) is 0.971. The smallest absolute Gasteiger partial charge is 0.225 e. The highest BCUT2D eigenvalue weighted by molar-refractivity contribution is 5.97. The van der Waals surface area contributed by atoms with Gasteiger partial charge in [0.25, 0.3) is 0 Å². The number of hydrogen-bond donors (Lipinski definition) is 0. The first-order chi connectivity index (χ1) is 14.3. The van der Waals surface area contributed by atoms with Crippen LogP contribution in [0.3, 0.4) is 0 Å². The summed E-state index contributed by atoms with van der Waals surface area (Å²) in [5, 5.41) is 0. The number of ketones is 1. The Hall–Kier alpha value is -2.31. The molecule has 3 fully saturated rings. The molecule has 29 heavy (non-hydrogen) atoms. The van der Waals surface area contributed by atoms with E-state index in [4.69, 9.17) is 4.74 Å². The lowest BCUT2D eigenvalue weighted by molar-refractivity contribution is -0.0872. The Morgan fingerprint density at radius 2 is 1.66 bits per heavy atom. The van der Waals surface area contributed by atoms with Crippen LogP contribution in [0.1, 0.15) is 41.6 Å². The topological polar surface area (TPSA) is 58.6 Å². The van der Waals surface area contributed by atoms with Crippen molar-refractivity contribution in [1.82, 2.24) is 14.9 Å². The van der Waals surface area contributed by atoms with E-state index in [-0.39, 0.29) is 11.7 Å². The number of Topliss-reactive ketones (excluding diaryl/α,β-unsaturated/α-hetero) is 1. The van der Waals surface area contributed by atoms with E-state index in [9.17, 15) is 4.79 Å². The molecule has 1 aromatic carbocycles. The van der Waals surface area contributed by atoms with Gasteiger partial charge in [0.15, 0.2) is 5.78 Å². The predicted molar refractivity (Wildman–Crippen MR) is 111 cm³/mol. The van der Waals surface area contributed by atoms with Crippen molar-refractivity contribution in [2.24, 2.45) is 5.92 Å². The fraction of sp³-hybridized carbons (Fsp3) is 0.522. The van der Waals surface area contributed by atoms with Crippen LogP contribution < -0.4 is 4.90 Å². The molecule has 3 saturated heterocycles. The molecule has 152 valence electrons. The number of hydrogen-bond acceptors (Lipinski definition) is 6. The minimum absolute atomic E-state index is 0.0298. The summed E-state index contributed by atoms with van der Waals surface area (Å²) in [6.07, 6.45) is 7.52. The van der Waals surface area contributed by atoms with E-state index >= 15 is 0 Å². The van der Waals surface area contributed by atoms with Gasteiger partial charge in [-0.05, 0) is 31.2 Å². The van der Waals surface area contributed by atoms with Crippen molar-refractivity contribution < 1.29 is 9.53 Å². The van der Waals surface area contributed by atoms with E-state index in [1.54, 1.807) is 12.4 Å². The predicted octanol–water partition coefficient (Wildman–Crippen LogP) is 2.94. The first kappa shape index (κ1) is 18.7. The van der Waals surface area contributed by atoms with Crippen LogP contribution >= 0.6 is 0 Å². The van der Waals surface area contributed by atoms with Crippen LogP contribution in [0.15, 0.2) is 42.7 Å². The zero-order valence-electron chi connectivity index (χ0n) is 16.7. The van der Waals surface area contributed by atoms with Crippen molar-refractivity contribution in [3.8, 4) is 0 Å². The molecule has 4 heterocycles. The molecule has 0 saturated carbocycles. The van der Waals surface area contributed by atoms with Crippen molar-refractivity contribution in [2.45, 2.75) is 44.3 Å². The summed E-state index contributed by atoms with van der Waals surface area (Å²) < 4.78 is 5.83. The molecule has 0 amide bonds. The zero-order chi connectivity index (χ0) is 19.6. The number of ether oxygens (including phenoxy) is 1. The number of rotatable bonds is 5. The Kier molecular flexibility index (Phi) is 5.29. The molecule has 5 rings (SSSR count). The molecule has 0 N–H and O–H groups in total. The van der Waals surface area contributed by atoms with Crippen LogP contribution in [-0.4, -0.2) is 59.0 Å². The minimum atomic E-state index is 0.0298. The Balaban J connectivity index is 1.27. The third-order valence-corrected chi connectivity index (χ3v) is 6.56. The van der Waals surface area contributed by atoms with Crippen LogP contribution in [0.2, 0.25) is 0 Å². The van der Waals surface area contributed by atoms with Gasteiger partial charge in [-0.2, -0.15) is 0 Å². The van der Waals surface area contributed by atoms with Crippen molar-refractivity contribution in [1.29, 1.82) is 0 Å². The lowest BCUT2D eigenvalue weighted by Gasteiger charge is -2.48. The summed E-state index contributed by atoms with van der Waals surface area (Å²) in [5.41, 5.74) is 1.97. The fourth-order valence-corrected chi connectivity index (χ4v) is 5.02. The summed E-state index contributed by atoms with van der Waals surface area (Å²) >= 11 is 0. The van der Waals surface area contributed by atoms with Crippen LogP contribution in [0.5, 0.6) is 0 Å². The molecule has 6 nitrogen and oxygen atoms in total.